The van der Waals surface area contributed by atoms with Gasteiger partial charge in [0, 0.05) is 36.0 Å². The third-order valence-corrected chi connectivity index (χ3v) is 8.92. The number of hydrogen-bond donors (Lipinski definition) is 1. The largest absolute Gasteiger partial charge is 0.496 e. The van der Waals surface area contributed by atoms with E-state index in [2.05, 4.69) is 32.6 Å². The minimum Gasteiger partial charge on any atom is -0.496 e. The molecule has 0 aliphatic carbocycles. The molecule has 0 saturated heterocycles. The van der Waals surface area contributed by atoms with Crippen LogP contribution in [0, 0.1) is 6.92 Å². The molecule has 1 aliphatic rings. The summed E-state index contributed by atoms with van der Waals surface area (Å²) < 4.78 is 28.3. The van der Waals surface area contributed by atoms with Crippen LogP contribution in [0.25, 0.3) is 0 Å². The van der Waals surface area contributed by atoms with Gasteiger partial charge in [0.15, 0.2) is 8.38 Å². The Morgan fingerprint density at radius 2 is 1.94 bits per heavy atom. The summed E-state index contributed by atoms with van der Waals surface area (Å²) in [6.45, 7) is 10.3. The van der Waals surface area contributed by atoms with Crippen LogP contribution >= 0.6 is 38.5 Å². The van der Waals surface area contributed by atoms with E-state index < -0.39 is 8.38 Å². The molecule has 11 heteroatoms. The van der Waals surface area contributed by atoms with Gasteiger partial charge < -0.3 is 28.6 Å². The van der Waals surface area contributed by atoms with E-state index in [9.17, 15) is 9.59 Å². The van der Waals surface area contributed by atoms with Gasteiger partial charge in [-0.05, 0) is 67.3 Å². The van der Waals surface area contributed by atoms with Crippen molar-refractivity contribution in [2.75, 3.05) is 45.4 Å². The zero-order chi connectivity index (χ0) is 26.5. The molecule has 36 heavy (non-hydrogen) atoms. The lowest BCUT2D eigenvalue weighted by Gasteiger charge is -2.19. The van der Waals surface area contributed by atoms with Gasteiger partial charge in [-0.3, -0.25) is 4.79 Å². The summed E-state index contributed by atoms with van der Waals surface area (Å²) >= 11 is 2.22. The SMILES string of the molecule is CCOP(CCNC(=O)CC/C(C)=C/Cc1c(OC)c(C)c2c(c1OCCSI)C(=O)OC2)OCC. The molecule has 2 rings (SSSR count). The lowest BCUT2D eigenvalue weighted by molar-refractivity contribution is -0.120. The van der Waals surface area contributed by atoms with Crippen LogP contribution in [0.15, 0.2) is 11.6 Å². The number of esters is 1. The molecule has 0 bridgehead atoms. The van der Waals surface area contributed by atoms with E-state index in [1.54, 1.807) is 16.0 Å². The molecule has 0 fully saturated rings. The number of cyclic esters (lactones) is 1. The Morgan fingerprint density at radius 1 is 1.22 bits per heavy atom. The summed E-state index contributed by atoms with van der Waals surface area (Å²) in [6, 6.07) is 0. The summed E-state index contributed by atoms with van der Waals surface area (Å²) in [6.07, 6.45) is 4.30. The van der Waals surface area contributed by atoms with Gasteiger partial charge in [0.05, 0.1) is 26.9 Å². The molecule has 202 valence electrons. The normalized spacial score (nSPS) is 13.1. The number of fused-ring (bicyclic) bond motifs is 1. The maximum Gasteiger partial charge on any atom is 0.342 e. The molecule has 1 aromatic rings. The molecule has 1 aromatic carbocycles. The molecular formula is C25H37INO7PS. The number of carbonyl (C=O) groups excluding carboxylic acids is 2. The van der Waals surface area contributed by atoms with Gasteiger partial charge in [-0.25, -0.2) is 4.79 Å². The van der Waals surface area contributed by atoms with Crippen molar-refractivity contribution in [3.05, 3.63) is 33.9 Å². The zero-order valence-electron chi connectivity index (χ0n) is 21.7. The first-order chi connectivity index (χ1) is 17.4. The molecular weight excluding hydrogens is 616 g/mol. The first kappa shape index (κ1) is 31.1. The lowest BCUT2D eigenvalue weighted by atomic mass is 9.94. The van der Waals surface area contributed by atoms with Crippen molar-refractivity contribution < 1.29 is 32.8 Å². The molecule has 1 heterocycles. The highest BCUT2D eigenvalue weighted by Gasteiger charge is 2.33. The third kappa shape index (κ3) is 9.04. The predicted octanol–water partition coefficient (Wildman–Crippen LogP) is 5.91. The number of allylic oxidation sites excluding steroid dienone is 2. The highest BCUT2D eigenvalue weighted by molar-refractivity contribution is 14.2. The van der Waals surface area contributed by atoms with Crippen LogP contribution in [-0.4, -0.2) is 57.3 Å². The van der Waals surface area contributed by atoms with E-state index in [1.807, 2.05) is 27.7 Å². The number of hydrogen-bond acceptors (Lipinski definition) is 8. The fourth-order valence-corrected chi connectivity index (χ4v) is 5.75. The number of nitrogens with one attached hydrogen (secondary N) is 1. The van der Waals surface area contributed by atoms with Crippen molar-refractivity contribution in [2.45, 2.75) is 53.6 Å². The summed E-state index contributed by atoms with van der Waals surface area (Å²) in [4.78, 5) is 24.8. The second-order valence-corrected chi connectivity index (χ2v) is 12.2. The molecule has 1 amide bonds. The predicted molar refractivity (Wildman–Crippen MR) is 154 cm³/mol. The average Bonchev–Trinajstić information content (AvgIpc) is 3.25. The van der Waals surface area contributed by atoms with Gasteiger partial charge >= 0.3 is 5.97 Å². The molecule has 0 spiro atoms. The Hall–Kier alpha value is -1.07. The Kier molecular flexibility index (Phi) is 14.5. The maximum atomic E-state index is 12.5. The Morgan fingerprint density at radius 3 is 2.58 bits per heavy atom. The van der Waals surface area contributed by atoms with Crippen molar-refractivity contribution in [3.63, 3.8) is 0 Å². The lowest BCUT2D eigenvalue weighted by Crippen LogP contribution is -2.26. The van der Waals surface area contributed by atoms with Crippen LogP contribution in [0.2, 0.25) is 0 Å². The molecule has 0 radical (unpaired) electrons. The van der Waals surface area contributed by atoms with Crippen LogP contribution in [0.1, 0.15) is 60.7 Å². The fraction of sp³-hybridized carbons (Fsp3) is 0.600. The number of halogens is 1. The number of ether oxygens (including phenoxy) is 3. The van der Waals surface area contributed by atoms with E-state index in [0.717, 1.165) is 28.0 Å². The standard InChI is InChI=1S/C25H37INO7PS/c1-6-33-35(34-7-2)14-12-27-21(28)11-9-17(3)8-10-19-23(30-5)18(4)20-16-32-25(29)22(20)24(19)31-13-15-36-26/h8H,6-7,9-16H2,1-5H3,(H,27,28)/b17-8+. The van der Waals surface area contributed by atoms with Crippen molar-refractivity contribution in [2.24, 2.45) is 0 Å². The second-order valence-electron chi connectivity index (χ2n) is 8.05. The molecule has 1 N–H and O–H groups in total. The number of methoxy groups -OCH3 is 1. The van der Waals surface area contributed by atoms with E-state index in [4.69, 9.17) is 23.3 Å². The summed E-state index contributed by atoms with van der Waals surface area (Å²) in [5.74, 6) is 1.69. The van der Waals surface area contributed by atoms with Gasteiger partial charge in [-0.1, -0.05) is 20.6 Å². The number of benzene rings is 1. The smallest absolute Gasteiger partial charge is 0.342 e. The van der Waals surface area contributed by atoms with Crippen molar-refractivity contribution in [1.82, 2.24) is 5.32 Å². The van der Waals surface area contributed by atoms with Crippen molar-refractivity contribution >= 4 is 50.4 Å². The topological polar surface area (TPSA) is 92.3 Å². The van der Waals surface area contributed by atoms with Gasteiger partial charge in [0.1, 0.15) is 23.7 Å². The summed E-state index contributed by atoms with van der Waals surface area (Å²) in [5, 5.41) is 2.95. The molecule has 8 nitrogen and oxygen atoms in total. The summed E-state index contributed by atoms with van der Waals surface area (Å²) in [5.41, 5.74) is 4.13. The third-order valence-electron chi connectivity index (χ3n) is 5.60. The van der Waals surface area contributed by atoms with E-state index in [1.165, 1.54) is 0 Å². The van der Waals surface area contributed by atoms with Crippen LogP contribution < -0.4 is 14.8 Å². The van der Waals surface area contributed by atoms with Crippen LogP contribution in [0.3, 0.4) is 0 Å². The van der Waals surface area contributed by atoms with Crippen LogP contribution in [0.4, 0.5) is 0 Å². The number of carbonyl (C=O) groups is 2. The van der Waals surface area contributed by atoms with Gasteiger partial charge in [-0.15, -0.1) is 0 Å². The average molecular weight is 654 g/mol. The molecule has 0 atom stereocenters. The second kappa shape index (κ2) is 16.7. The van der Waals surface area contributed by atoms with Gasteiger partial charge in [0.25, 0.3) is 0 Å². The highest BCUT2D eigenvalue weighted by atomic mass is 127. The summed E-state index contributed by atoms with van der Waals surface area (Å²) in [7, 11) is 2.33. The minimum absolute atomic E-state index is 0.000260. The molecule has 0 aromatic heterocycles. The Bertz CT molecular complexity index is 922. The van der Waals surface area contributed by atoms with Gasteiger partial charge in [0.2, 0.25) is 5.91 Å². The molecule has 0 saturated carbocycles. The highest BCUT2D eigenvalue weighted by Crippen LogP contribution is 2.43. The first-order valence-electron chi connectivity index (χ1n) is 12.1. The fourth-order valence-electron chi connectivity index (χ4n) is 3.86. The first-order valence-corrected chi connectivity index (χ1v) is 17.0. The number of amides is 1. The van der Waals surface area contributed by atoms with Crippen molar-refractivity contribution in [1.29, 1.82) is 0 Å². The quantitative estimate of drug-likeness (QED) is 0.0731. The zero-order valence-corrected chi connectivity index (χ0v) is 25.6. The molecule has 0 unspecified atom stereocenters. The Labute approximate surface area is 232 Å². The van der Waals surface area contributed by atoms with Crippen molar-refractivity contribution in [3.8, 4) is 11.5 Å². The van der Waals surface area contributed by atoms with Crippen LogP contribution in [0.5, 0.6) is 11.5 Å². The van der Waals surface area contributed by atoms with E-state index >= 15 is 0 Å². The van der Waals surface area contributed by atoms with E-state index in [0.29, 0.717) is 68.9 Å². The Balaban J connectivity index is 2.05. The van der Waals surface area contributed by atoms with Crippen LogP contribution in [-0.2, 0) is 31.6 Å². The minimum atomic E-state index is -0.951. The molecule has 1 aliphatic heterocycles. The monoisotopic (exact) mass is 653 g/mol. The maximum absolute atomic E-state index is 12.5. The van der Waals surface area contributed by atoms with Gasteiger partial charge in [-0.2, -0.15) is 0 Å². The van der Waals surface area contributed by atoms with E-state index in [-0.39, 0.29) is 18.5 Å². The number of rotatable bonds is 17.